The van der Waals surface area contributed by atoms with E-state index in [-0.39, 0.29) is 0 Å². The SMILES string of the molecule is COc1cccc(CNc2cc3c(cc2Cl)OCCO3)n1. The van der Waals surface area contributed by atoms with Gasteiger partial charge in [-0.3, -0.25) is 0 Å². The van der Waals surface area contributed by atoms with Gasteiger partial charge in [-0.2, -0.15) is 0 Å². The van der Waals surface area contributed by atoms with Gasteiger partial charge in [0, 0.05) is 18.2 Å². The van der Waals surface area contributed by atoms with Crippen LogP contribution in [0.4, 0.5) is 5.69 Å². The molecule has 5 nitrogen and oxygen atoms in total. The second-order valence-corrected chi connectivity index (χ2v) is 4.91. The van der Waals surface area contributed by atoms with Crippen LogP contribution in [0.15, 0.2) is 30.3 Å². The van der Waals surface area contributed by atoms with Crippen molar-refractivity contribution in [2.75, 3.05) is 25.6 Å². The van der Waals surface area contributed by atoms with Gasteiger partial charge in [0.2, 0.25) is 5.88 Å². The average Bonchev–Trinajstić information content (AvgIpc) is 2.53. The number of methoxy groups -OCH3 is 1. The van der Waals surface area contributed by atoms with Crippen LogP contribution in [0.3, 0.4) is 0 Å². The average molecular weight is 307 g/mol. The van der Waals surface area contributed by atoms with E-state index in [1.54, 1.807) is 19.2 Å². The van der Waals surface area contributed by atoms with Crippen molar-refractivity contribution in [3.63, 3.8) is 0 Å². The Labute approximate surface area is 127 Å². The third kappa shape index (κ3) is 3.13. The molecular formula is C15H15ClN2O3. The first-order valence-electron chi connectivity index (χ1n) is 6.59. The normalized spacial score (nSPS) is 12.9. The number of benzene rings is 1. The first-order valence-corrected chi connectivity index (χ1v) is 6.97. The highest BCUT2D eigenvalue weighted by molar-refractivity contribution is 6.33. The van der Waals surface area contributed by atoms with Gasteiger partial charge in [0.15, 0.2) is 11.5 Å². The van der Waals surface area contributed by atoms with Crippen LogP contribution in [0.25, 0.3) is 0 Å². The second kappa shape index (κ2) is 6.10. The van der Waals surface area contributed by atoms with Crippen molar-refractivity contribution >= 4 is 17.3 Å². The topological polar surface area (TPSA) is 52.6 Å². The van der Waals surface area contributed by atoms with Gasteiger partial charge in [0.1, 0.15) is 13.2 Å². The number of ether oxygens (including phenoxy) is 3. The van der Waals surface area contributed by atoms with Crippen LogP contribution in [-0.4, -0.2) is 25.3 Å². The van der Waals surface area contributed by atoms with Gasteiger partial charge >= 0.3 is 0 Å². The molecule has 21 heavy (non-hydrogen) atoms. The van der Waals surface area contributed by atoms with Crippen LogP contribution >= 0.6 is 11.6 Å². The van der Waals surface area contributed by atoms with Crippen LogP contribution in [0.1, 0.15) is 5.69 Å². The molecule has 110 valence electrons. The minimum Gasteiger partial charge on any atom is -0.486 e. The lowest BCUT2D eigenvalue weighted by molar-refractivity contribution is 0.171. The molecule has 0 bridgehead atoms. The van der Waals surface area contributed by atoms with Gasteiger partial charge in [-0.05, 0) is 6.07 Å². The van der Waals surface area contributed by atoms with E-state index in [4.69, 9.17) is 25.8 Å². The number of halogens is 1. The first-order chi connectivity index (χ1) is 10.3. The van der Waals surface area contributed by atoms with E-state index in [0.717, 1.165) is 11.4 Å². The predicted octanol–water partition coefficient (Wildman–Crippen LogP) is 3.13. The highest BCUT2D eigenvalue weighted by Crippen LogP contribution is 2.38. The number of hydrogen-bond acceptors (Lipinski definition) is 5. The summed E-state index contributed by atoms with van der Waals surface area (Å²) in [5.74, 6) is 1.96. The largest absolute Gasteiger partial charge is 0.486 e. The molecule has 1 aromatic carbocycles. The lowest BCUT2D eigenvalue weighted by atomic mass is 10.2. The Morgan fingerprint density at radius 2 is 2.00 bits per heavy atom. The zero-order valence-corrected chi connectivity index (χ0v) is 12.3. The van der Waals surface area contributed by atoms with E-state index < -0.39 is 0 Å². The molecule has 6 heteroatoms. The summed E-state index contributed by atoms with van der Waals surface area (Å²) in [7, 11) is 1.59. The number of nitrogens with one attached hydrogen (secondary N) is 1. The number of anilines is 1. The van der Waals surface area contributed by atoms with Crippen LogP contribution in [0, 0.1) is 0 Å². The fourth-order valence-electron chi connectivity index (χ4n) is 2.05. The van der Waals surface area contributed by atoms with Crippen molar-refractivity contribution in [2.45, 2.75) is 6.54 Å². The Morgan fingerprint density at radius 1 is 1.24 bits per heavy atom. The van der Waals surface area contributed by atoms with Crippen molar-refractivity contribution in [3.05, 3.63) is 41.0 Å². The third-order valence-corrected chi connectivity index (χ3v) is 3.39. The molecule has 0 spiro atoms. The van der Waals surface area contributed by atoms with Crippen LogP contribution < -0.4 is 19.5 Å². The number of hydrogen-bond donors (Lipinski definition) is 1. The number of fused-ring (bicyclic) bond motifs is 1. The van der Waals surface area contributed by atoms with Crippen molar-refractivity contribution in [1.29, 1.82) is 0 Å². The smallest absolute Gasteiger partial charge is 0.213 e. The van der Waals surface area contributed by atoms with Crippen molar-refractivity contribution < 1.29 is 14.2 Å². The summed E-state index contributed by atoms with van der Waals surface area (Å²) in [6.45, 7) is 1.63. The van der Waals surface area contributed by atoms with Gasteiger partial charge in [-0.1, -0.05) is 17.7 Å². The number of rotatable bonds is 4. The first kappa shape index (κ1) is 13.8. The molecule has 1 N–H and O–H groups in total. The van der Waals surface area contributed by atoms with E-state index in [2.05, 4.69) is 10.3 Å². The third-order valence-electron chi connectivity index (χ3n) is 3.08. The molecule has 1 aliphatic rings. The fourth-order valence-corrected chi connectivity index (χ4v) is 2.28. The lowest BCUT2D eigenvalue weighted by Crippen LogP contribution is -2.15. The number of nitrogens with zero attached hydrogens (tertiary/aromatic N) is 1. The maximum absolute atomic E-state index is 6.24. The van der Waals surface area contributed by atoms with Gasteiger partial charge in [-0.15, -0.1) is 0 Å². The van der Waals surface area contributed by atoms with E-state index in [0.29, 0.717) is 42.2 Å². The summed E-state index contributed by atoms with van der Waals surface area (Å²) < 4.78 is 16.1. The molecule has 0 saturated heterocycles. The number of aromatic nitrogens is 1. The zero-order chi connectivity index (χ0) is 14.7. The van der Waals surface area contributed by atoms with Crippen LogP contribution in [-0.2, 0) is 6.54 Å². The molecule has 3 rings (SSSR count). The summed E-state index contributed by atoms with van der Waals surface area (Å²) in [4.78, 5) is 4.34. The predicted molar refractivity (Wildman–Crippen MR) is 80.6 cm³/mol. The van der Waals surface area contributed by atoms with Gasteiger partial charge in [0.05, 0.1) is 30.1 Å². The van der Waals surface area contributed by atoms with Crippen molar-refractivity contribution in [2.24, 2.45) is 0 Å². The Bertz CT molecular complexity index is 649. The molecule has 0 fully saturated rings. The monoisotopic (exact) mass is 306 g/mol. The summed E-state index contributed by atoms with van der Waals surface area (Å²) in [5.41, 5.74) is 1.64. The van der Waals surface area contributed by atoms with E-state index in [1.807, 2.05) is 18.2 Å². The maximum atomic E-state index is 6.24. The summed E-state index contributed by atoms with van der Waals surface area (Å²) >= 11 is 6.24. The molecular weight excluding hydrogens is 292 g/mol. The van der Waals surface area contributed by atoms with E-state index in [9.17, 15) is 0 Å². The van der Waals surface area contributed by atoms with Crippen LogP contribution in [0.2, 0.25) is 5.02 Å². The highest BCUT2D eigenvalue weighted by atomic mass is 35.5. The molecule has 0 saturated carbocycles. The standard InChI is InChI=1S/C15H15ClN2O3/c1-19-15-4-2-3-10(18-15)9-17-12-8-14-13(7-11(12)16)20-5-6-21-14/h2-4,7-8,17H,5-6,9H2,1H3. The molecule has 0 unspecified atom stereocenters. The van der Waals surface area contributed by atoms with Crippen molar-refractivity contribution in [1.82, 2.24) is 4.98 Å². The molecule has 0 amide bonds. The fraction of sp³-hybridized carbons (Fsp3) is 0.267. The Hall–Kier alpha value is -2.14. The second-order valence-electron chi connectivity index (χ2n) is 4.50. The molecule has 0 radical (unpaired) electrons. The van der Waals surface area contributed by atoms with Crippen LogP contribution in [0.5, 0.6) is 17.4 Å². The lowest BCUT2D eigenvalue weighted by Gasteiger charge is -2.20. The molecule has 2 heterocycles. The molecule has 1 aromatic heterocycles. The van der Waals surface area contributed by atoms with E-state index >= 15 is 0 Å². The minimum atomic E-state index is 0.538. The van der Waals surface area contributed by atoms with Gasteiger partial charge < -0.3 is 19.5 Å². The Morgan fingerprint density at radius 3 is 2.76 bits per heavy atom. The Kier molecular flexibility index (Phi) is 4.01. The quantitative estimate of drug-likeness (QED) is 0.940. The molecule has 1 aliphatic heterocycles. The summed E-state index contributed by atoms with van der Waals surface area (Å²) in [6.07, 6.45) is 0. The van der Waals surface area contributed by atoms with E-state index in [1.165, 1.54) is 0 Å². The van der Waals surface area contributed by atoms with Crippen molar-refractivity contribution in [3.8, 4) is 17.4 Å². The summed E-state index contributed by atoms with van der Waals surface area (Å²) in [5, 5.41) is 3.83. The molecule has 0 aliphatic carbocycles. The van der Waals surface area contributed by atoms with Gasteiger partial charge in [0.25, 0.3) is 0 Å². The molecule has 2 aromatic rings. The zero-order valence-electron chi connectivity index (χ0n) is 11.6. The number of pyridine rings is 1. The maximum Gasteiger partial charge on any atom is 0.213 e. The Balaban J connectivity index is 1.75. The highest BCUT2D eigenvalue weighted by Gasteiger charge is 2.15. The molecule has 0 atom stereocenters. The summed E-state index contributed by atoms with van der Waals surface area (Å²) in [6, 6.07) is 9.23. The van der Waals surface area contributed by atoms with Gasteiger partial charge in [-0.25, -0.2) is 4.98 Å². The minimum absolute atomic E-state index is 0.538.